The van der Waals surface area contributed by atoms with Gasteiger partial charge in [0.05, 0.1) is 22.1 Å². The summed E-state index contributed by atoms with van der Waals surface area (Å²) in [6, 6.07) is 72.2. The minimum Gasteiger partial charge on any atom is -0.316 e. The summed E-state index contributed by atoms with van der Waals surface area (Å²) in [6.07, 6.45) is 0. The molecule has 1 aliphatic heterocycles. The molecule has 13 rings (SSSR count). The largest absolute Gasteiger partial charge is 0.316 e. The van der Waals surface area contributed by atoms with Crippen molar-refractivity contribution in [3.8, 4) is 44.5 Å². The molecule has 0 aliphatic carbocycles. The van der Waals surface area contributed by atoms with Gasteiger partial charge in [-0.05, 0) is 116 Å². The molecule has 1 aliphatic rings. The average molecular weight is 751 g/mol. The summed E-state index contributed by atoms with van der Waals surface area (Å²) in [5.41, 5.74) is 14.8. The first kappa shape index (κ1) is 32.6. The molecule has 0 saturated carbocycles. The van der Waals surface area contributed by atoms with Gasteiger partial charge in [0.1, 0.15) is 5.66 Å². The number of rotatable bonds is 4. The van der Waals surface area contributed by atoms with Crippen LogP contribution in [0.2, 0.25) is 0 Å². The lowest BCUT2D eigenvalue weighted by molar-refractivity contribution is 0.328. The summed E-state index contributed by atoms with van der Waals surface area (Å²) in [4.78, 5) is 0. The van der Waals surface area contributed by atoms with Crippen LogP contribution in [-0.4, -0.2) is 9.13 Å². The molecular weight excluding hydrogens is 713 g/mol. The summed E-state index contributed by atoms with van der Waals surface area (Å²) < 4.78 is 5.24. The minimum atomic E-state index is -0.367. The van der Waals surface area contributed by atoms with Gasteiger partial charge >= 0.3 is 0 Å². The Morgan fingerprint density at radius 2 is 0.712 bits per heavy atom. The second-order valence-electron chi connectivity index (χ2n) is 16.8. The number of hydrogen-bond acceptors (Lipinski definition) is 0. The van der Waals surface area contributed by atoms with Gasteiger partial charge in [-0.15, -0.1) is 0 Å². The van der Waals surface area contributed by atoms with Crippen LogP contribution in [-0.2, 0) is 5.66 Å². The third-order valence-corrected chi connectivity index (χ3v) is 13.3. The van der Waals surface area contributed by atoms with Crippen LogP contribution >= 0.6 is 0 Å². The molecule has 3 heterocycles. The molecule has 0 saturated heterocycles. The fourth-order valence-electron chi connectivity index (χ4n) is 10.9. The molecule has 2 aromatic heterocycles. The van der Waals surface area contributed by atoms with Crippen molar-refractivity contribution in [1.82, 2.24) is 9.13 Å². The maximum atomic E-state index is 2.62. The van der Waals surface area contributed by atoms with Gasteiger partial charge < -0.3 is 9.13 Å². The standard InChI is InChI=1S/C57H38N2/c1-57(2)58-50-30-26-39(36-16-7-4-8-17-36)33-48(50)46-28-24-37-25-29-47-49-34-41(27-31-51(49)59(57)56(47)54(37)55(46)58)53-44-22-11-9-20-42(44)52(43-21-10-12-23-45(43)53)40-19-13-18-38(32-40)35-14-5-3-6-15-35/h3-34H,1-2H3. The molecule has 0 N–H and O–H groups in total. The zero-order valence-electron chi connectivity index (χ0n) is 32.9. The molecule has 0 fully saturated rings. The predicted octanol–water partition coefficient (Wildman–Crippen LogP) is 15.6. The maximum absolute atomic E-state index is 2.62. The fourth-order valence-corrected chi connectivity index (χ4v) is 10.9. The number of aromatic nitrogens is 2. The van der Waals surface area contributed by atoms with E-state index < -0.39 is 0 Å². The van der Waals surface area contributed by atoms with E-state index in [1.807, 2.05) is 0 Å². The average Bonchev–Trinajstić information content (AvgIpc) is 3.82. The molecule has 0 unspecified atom stereocenters. The third kappa shape index (κ3) is 4.41. The third-order valence-electron chi connectivity index (χ3n) is 13.3. The van der Waals surface area contributed by atoms with E-state index in [1.54, 1.807) is 0 Å². The Balaban J connectivity index is 1.07. The van der Waals surface area contributed by atoms with Crippen molar-refractivity contribution in [3.63, 3.8) is 0 Å². The first-order valence-corrected chi connectivity index (χ1v) is 20.7. The molecule has 59 heavy (non-hydrogen) atoms. The second kappa shape index (κ2) is 11.8. The maximum Gasteiger partial charge on any atom is 0.116 e. The van der Waals surface area contributed by atoms with E-state index in [2.05, 4.69) is 217 Å². The molecule has 2 heteroatoms. The summed E-state index contributed by atoms with van der Waals surface area (Å²) >= 11 is 0. The van der Waals surface area contributed by atoms with Crippen LogP contribution in [0.1, 0.15) is 13.8 Å². The van der Waals surface area contributed by atoms with Gasteiger partial charge in [-0.1, -0.05) is 164 Å². The van der Waals surface area contributed by atoms with Crippen molar-refractivity contribution < 1.29 is 0 Å². The lowest BCUT2D eigenvalue weighted by atomic mass is 9.85. The Morgan fingerprint density at radius 3 is 1.24 bits per heavy atom. The second-order valence-corrected chi connectivity index (χ2v) is 16.8. The van der Waals surface area contributed by atoms with Gasteiger partial charge in [0.25, 0.3) is 0 Å². The van der Waals surface area contributed by atoms with E-state index >= 15 is 0 Å². The van der Waals surface area contributed by atoms with Crippen molar-refractivity contribution >= 4 is 75.9 Å². The zero-order valence-corrected chi connectivity index (χ0v) is 32.9. The van der Waals surface area contributed by atoms with Crippen LogP contribution in [0.3, 0.4) is 0 Å². The molecule has 0 atom stereocenters. The van der Waals surface area contributed by atoms with Crippen molar-refractivity contribution in [1.29, 1.82) is 0 Å². The highest BCUT2D eigenvalue weighted by molar-refractivity contribution is 6.30. The SMILES string of the molecule is CC1(C)n2c3ccc(-c4ccccc4)cc3c3ccc4ccc5c6cc(-c7c8ccccc8c(-c8cccc(-c9ccccc9)c8)c8ccccc78)ccc6n1c5c4c32. The van der Waals surface area contributed by atoms with Gasteiger partial charge in [0.2, 0.25) is 0 Å². The van der Waals surface area contributed by atoms with Gasteiger partial charge in [-0.2, -0.15) is 0 Å². The van der Waals surface area contributed by atoms with Crippen molar-refractivity contribution in [2.75, 3.05) is 0 Å². The van der Waals surface area contributed by atoms with Crippen LogP contribution in [0.5, 0.6) is 0 Å². The summed E-state index contributed by atoms with van der Waals surface area (Å²) in [7, 11) is 0. The van der Waals surface area contributed by atoms with E-state index in [1.165, 1.54) is 120 Å². The van der Waals surface area contributed by atoms with Crippen LogP contribution in [0, 0.1) is 0 Å². The summed E-state index contributed by atoms with van der Waals surface area (Å²) in [5.74, 6) is 0. The summed E-state index contributed by atoms with van der Waals surface area (Å²) in [6.45, 7) is 4.79. The first-order valence-electron chi connectivity index (χ1n) is 20.7. The number of hydrogen-bond donors (Lipinski definition) is 0. The Hall–Kier alpha value is -7.42. The minimum absolute atomic E-state index is 0.367. The fraction of sp³-hybridized carbons (Fsp3) is 0.0526. The van der Waals surface area contributed by atoms with Crippen molar-refractivity contribution in [3.05, 3.63) is 194 Å². The van der Waals surface area contributed by atoms with Crippen molar-refractivity contribution in [2.24, 2.45) is 0 Å². The Bertz CT molecular complexity index is 3670. The monoisotopic (exact) mass is 750 g/mol. The van der Waals surface area contributed by atoms with E-state index in [0.717, 1.165) is 0 Å². The lowest BCUT2D eigenvalue weighted by Gasteiger charge is -2.36. The molecular formula is C57H38N2. The van der Waals surface area contributed by atoms with E-state index in [0.29, 0.717) is 0 Å². The normalized spacial score (nSPS) is 13.4. The number of benzene rings is 10. The van der Waals surface area contributed by atoms with E-state index in [9.17, 15) is 0 Å². The zero-order chi connectivity index (χ0) is 39.0. The Morgan fingerprint density at radius 1 is 0.305 bits per heavy atom. The quantitative estimate of drug-likeness (QED) is 0.159. The topological polar surface area (TPSA) is 9.86 Å². The Kier molecular flexibility index (Phi) is 6.54. The first-order chi connectivity index (χ1) is 29.0. The molecule has 0 radical (unpaired) electrons. The van der Waals surface area contributed by atoms with Gasteiger partial charge in [0.15, 0.2) is 0 Å². The predicted molar refractivity (Wildman–Crippen MR) is 251 cm³/mol. The van der Waals surface area contributed by atoms with Gasteiger partial charge in [0, 0.05) is 26.9 Å². The highest BCUT2D eigenvalue weighted by Gasteiger charge is 2.36. The summed E-state index contributed by atoms with van der Waals surface area (Å²) in [5, 5.41) is 12.9. The molecule has 10 aromatic carbocycles. The molecule has 276 valence electrons. The molecule has 0 spiro atoms. The molecule has 0 amide bonds. The number of nitrogens with zero attached hydrogens (tertiary/aromatic N) is 2. The van der Waals surface area contributed by atoms with Crippen LogP contribution < -0.4 is 0 Å². The van der Waals surface area contributed by atoms with E-state index in [-0.39, 0.29) is 5.66 Å². The van der Waals surface area contributed by atoms with Gasteiger partial charge in [-0.3, -0.25) is 0 Å². The highest BCUT2D eigenvalue weighted by atomic mass is 15.3. The molecule has 2 nitrogen and oxygen atoms in total. The van der Waals surface area contributed by atoms with E-state index in [4.69, 9.17) is 0 Å². The van der Waals surface area contributed by atoms with Crippen LogP contribution in [0.15, 0.2) is 194 Å². The number of fused-ring (bicyclic) bond motifs is 8. The smallest absolute Gasteiger partial charge is 0.116 e. The van der Waals surface area contributed by atoms with Crippen LogP contribution in [0.4, 0.5) is 0 Å². The lowest BCUT2D eigenvalue weighted by Crippen LogP contribution is -2.36. The Labute approximate surface area is 341 Å². The van der Waals surface area contributed by atoms with Gasteiger partial charge in [-0.25, -0.2) is 0 Å². The van der Waals surface area contributed by atoms with Crippen LogP contribution in [0.25, 0.3) is 120 Å². The molecule has 12 aromatic rings. The van der Waals surface area contributed by atoms with Crippen molar-refractivity contribution in [2.45, 2.75) is 19.5 Å². The highest BCUT2D eigenvalue weighted by Crippen LogP contribution is 2.51. The molecule has 0 bridgehead atoms.